The summed E-state index contributed by atoms with van der Waals surface area (Å²) in [6.07, 6.45) is 3.67. The number of rotatable bonds is 1. The molecule has 0 aromatic rings. The summed E-state index contributed by atoms with van der Waals surface area (Å²) in [6, 6.07) is -0.0661. The maximum atomic E-state index is 11.7. The lowest BCUT2D eigenvalue weighted by molar-refractivity contribution is -0.126. The minimum absolute atomic E-state index is 0.0278. The molecule has 1 fully saturated rings. The highest BCUT2D eigenvalue weighted by Gasteiger charge is 2.47. The van der Waals surface area contributed by atoms with Gasteiger partial charge in [0.25, 0.3) is 0 Å². The standard InChI is InChI=1S/C11H13NO4/c1-11(2)7-5-6(16-10(14)15)3-4-8(7)12-9(11)13/h3-5,7-8H,1-2H3,(H,12,13)(H,14,15). The Bertz CT molecular complexity index is 408. The highest BCUT2D eigenvalue weighted by molar-refractivity contribution is 5.86. The topological polar surface area (TPSA) is 75.6 Å². The molecule has 2 unspecified atom stereocenters. The highest BCUT2D eigenvalue weighted by atomic mass is 16.7. The molecule has 1 heterocycles. The van der Waals surface area contributed by atoms with E-state index in [9.17, 15) is 9.59 Å². The second-order valence-corrected chi connectivity index (χ2v) is 4.54. The highest BCUT2D eigenvalue weighted by Crippen LogP contribution is 2.39. The third-order valence-corrected chi connectivity index (χ3v) is 3.12. The van der Waals surface area contributed by atoms with Gasteiger partial charge in [0.2, 0.25) is 5.91 Å². The summed E-state index contributed by atoms with van der Waals surface area (Å²) < 4.78 is 4.58. The average Bonchev–Trinajstić information content (AvgIpc) is 2.39. The summed E-state index contributed by atoms with van der Waals surface area (Å²) in [4.78, 5) is 22.1. The lowest BCUT2D eigenvalue weighted by Crippen LogP contribution is -2.28. The molecule has 0 aromatic carbocycles. The van der Waals surface area contributed by atoms with Gasteiger partial charge in [-0.25, -0.2) is 4.79 Å². The fourth-order valence-electron chi connectivity index (χ4n) is 2.11. The Morgan fingerprint density at radius 1 is 1.56 bits per heavy atom. The van der Waals surface area contributed by atoms with Gasteiger partial charge in [0, 0.05) is 5.92 Å². The molecule has 2 N–H and O–H groups in total. The van der Waals surface area contributed by atoms with Crippen molar-refractivity contribution >= 4 is 12.1 Å². The summed E-state index contributed by atoms with van der Waals surface area (Å²) in [5, 5.41) is 11.4. The van der Waals surface area contributed by atoms with Crippen molar-refractivity contribution in [3.63, 3.8) is 0 Å². The number of carbonyl (C=O) groups excluding carboxylic acids is 1. The molecular formula is C11H13NO4. The monoisotopic (exact) mass is 223 g/mol. The molecule has 2 aliphatic rings. The normalized spacial score (nSPS) is 30.4. The number of hydrogen-bond donors (Lipinski definition) is 2. The third kappa shape index (κ3) is 1.58. The molecule has 0 bridgehead atoms. The quantitative estimate of drug-likeness (QED) is 0.656. The van der Waals surface area contributed by atoms with E-state index in [1.807, 2.05) is 13.8 Å². The number of carbonyl (C=O) groups is 2. The molecular weight excluding hydrogens is 210 g/mol. The van der Waals surface area contributed by atoms with Crippen LogP contribution in [0.25, 0.3) is 0 Å². The van der Waals surface area contributed by atoms with E-state index in [2.05, 4.69) is 10.1 Å². The predicted octanol–water partition coefficient (Wildman–Crippen LogP) is 1.28. The zero-order valence-electron chi connectivity index (χ0n) is 9.06. The van der Waals surface area contributed by atoms with E-state index in [1.54, 1.807) is 18.2 Å². The predicted molar refractivity (Wildman–Crippen MR) is 55.5 cm³/mol. The number of hydrogen-bond acceptors (Lipinski definition) is 3. The Labute approximate surface area is 92.8 Å². The van der Waals surface area contributed by atoms with Gasteiger partial charge in [-0.15, -0.1) is 0 Å². The van der Waals surface area contributed by atoms with Crippen molar-refractivity contribution in [3.05, 3.63) is 24.0 Å². The van der Waals surface area contributed by atoms with Crippen LogP contribution in [-0.4, -0.2) is 23.2 Å². The van der Waals surface area contributed by atoms with Crippen molar-refractivity contribution in [1.82, 2.24) is 5.32 Å². The van der Waals surface area contributed by atoms with Crippen LogP contribution in [0, 0.1) is 11.3 Å². The third-order valence-electron chi connectivity index (χ3n) is 3.12. The zero-order valence-corrected chi connectivity index (χ0v) is 9.06. The van der Waals surface area contributed by atoms with E-state index in [0.717, 1.165) is 0 Å². The van der Waals surface area contributed by atoms with Crippen LogP contribution in [0.2, 0.25) is 0 Å². The van der Waals surface area contributed by atoms with E-state index in [1.165, 1.54) is 0 Å². The minimum atomic E-state index is -1.34. The van der Waals surface area contributed by atoms with Crippen molar-refractivity contribution in [2.45, 2.75) is 19.9 Å². The first-order valence-electron chi connectivity index (χ1n) is 5.03. The smallest absolute Gasteiger partial charge is 0.449 e. The first-order chi connectivity index (χ1) is 7.41. The SMILES string of the molecule is CC1(C)C(=O)NC2C=CC(OC(=O)O)=CC21. The maximum Gasteiger partial charge on any atom is 0.511 e. The Morgan fingerprint density at radius 2 is 2.25 bits per heavy atom. The van der Waals surface area contributed by atoms with Crippen molar-refractivity contribution < 1.29 is 19.4 Å². The van der Waals surface area contributed by atoms with Crippen molar-refractivity contribution in [2.75, 3.05) is 0 Å². The average molecular weight is 223 g/mol. The molecule has 2 atom stereocenters. The molecule has 5 nitrogen and oxygen atoms in total. The molecule has 16 heavy (non-hydrogen) atoms. The van der Waals surface area contributed by atoms with Crippen LogP contribution < -0.4 is 5.32 Å². The molecule has 5 heteroatoms. The first-order valence-corrected chi connectivity index (χ1v) is 5.03. The molecule has 1 amide bonds. The number of amides is 1. The van der Waals surface area contributed by atoms with Gasteiger partial charge in [-0.3, -0.25) is 4.79 Å². The maximum absolute atomic E-state index is 11.7. The summed E-state index contributed by atoms with van der Waals surface area (Å²) in [5.41, 5.74) is -0.539. The van der Waals surface area contributed by atoms with Crippen LogP contribution in [0.3, 0.4) is 0 Å². The Balaban J connectivity index is 2.26. The number of ether oxygens (including phenoxy) is 1. The second-order valence-electron chi connectivity index (χ2n) is 4.54. The summed E-state index contributed by atoms with van der Waals surface area (Å²) >= 11 is 0. The van der Waals surface area contributed by atoms with Crippen LogP contribution in [0.5, 0.6) is 0 Å². The van der Waals surface area contributed by atoms with Gasteiger partial charge in [0.1, 0.15) is 5.76 Å². The van der Waals surface area contributed by atoms with E-state index in [-0.39, 0.29) is 23.6 Å². The molecule has 1 aliphatic heterocycles. The van der Waals surface area contributed by atoms with E-state index < -0.39 is 11.6 Å². The fourth-order valence-corrected chi connectivity index (χ4v) is 2.11. The number of allylic oxidation sites excluding steroid dienone is 1. The lowest BCUT2D eigenvalue weighted by atomic mass is 9.76. The Kier molecular flexibility index (Phi) is 2.26. The molecule has 0 spiro atoms. The van der Waals surface area contributed by atoms with Crippen LogP contribution >= 0.6 is 0 Å². The molecule has 0 radical (unpaired) electrons. The molecule has 1 saturated heterocycles. The van der Waals surface area contributed by atoms with Gasteiger partial charge in [0.05, 0.1) is 11.5 Å². The molecule has 1 aliphatic carbocycles. The molecule has 0 aromatic heterocycles. The van der Waals surface area contributed by atoms with E-state index in [0.29, 0.717) is 0 Å². The summed E-state index contributed by atoms with van der Waals surface area (Å²) in [5.74, 6) is 0.178. The van der Waals surface area contributed by atoms with Crippen LogP contribution in [0.1, 0.15) is 13.8 Å². The number of nitrogens with one attached hydrogen (secondary N) is 1. The van der Waals surface area contributed by atoms with Gasteiger partial charge in [-0.1, -0.05) is 19.9 Å². The first kappa shape index (κ1) is 10.7. The van der Waals surface area contributed by atoms with Crippen molar-refractivity contribution in [2.24, 2.45) is 11.3 Å². The largest absolute Gasteiger partial charge is 0.511 e. The van der Waals surface area contributed by atoms with Gasteiger partial charge < -0.3 is 15.2 Å². The molecule has 2 rings (SSSR count). The zero-order chi connectivity index (χ0) is 11.9. The molecule has 86 valence electrons. The Hall–Kier alpha value is -1.78. The van der Waals surface area contributed by atoms with Crippen LogP contribution in [-0.2, 0) is 9.53 Å². The van der Waals surface area contributed by atoms with Gasteiger partial charge in [-0.05, 0) is 12.2 Å². The second kappa shape index (κ2) is 3.37. The lowest BCUT2D eigenvalue weighted by Gasteiger charge is -2.25. The minimum Gasteiger partial charge on any atom is -0.449 e. The number of carboxylic acid groups (broad SMARTS) is 1. The van der Waals surface area contributed by atoms with Gasteiger partial charge >= 0.3 is 6.16 Å². The van der Waals surface area contributed by atoms with E-state index in [4.69, 9.17) is 5.11 Å². The van der Waals surface area contributed by atoms with E-state index >= 15 is 0 Å². The van der Waals surface area contributed by atoms with Gasteiger partial charge in [0.15, 0.2) is 0 Å². The van der Waals surface area contributed by atoms with Crippen molar-refractivity contribution in [3.8, 4) is 0 Å². The van der Waals surface area contributed by atoms with Crippen LogP contribution in [0.15, 0.2) is 24.0 Å². The summed E-state index contributed by atoms with van der Waals surface area (Å²) in [6.45, 7) is 3.67. The Morgan fingerprint density at radius 3 is 2.88 bits per heavy atom. The summed E-state index contributed by atoms with van der Waals surface area (Å²) in [7, 11) is 0. The van der Waals surface area contributed by atoms with Crippen LogP contribution in [0.4, 0.5) is 4.79 Å². The number of fused-ring (bicyclic) bond motifs is 1. The van der Waals surface area contributed by atoms with Crippen molar-refractivity contribution in [1.29, 1.82) is 0 Å². The molecule has 0 saturated carbocycles. The van der Waals surface area contributed by atoms with Gasteiger partial charge in [-0.2, -0.15) is 0 Å². The fraction of sp³-hybridized carbons (Fsp3) is 0.455.